The minimum absolute atomic E-state index is 0. The summed E-state index contributed by atoms with van der Waals surface area (Å²) in [5.74, 6) is 0.573. The SMILES string of the molecule is CC(C)(C)c1[c-]c2c(cc1)-c1ccc(C(C)(C)C)cc1C2.CC(C)(C)c1cc[c-]cc1.CC(C)(C)c1cc[c-]cc1.CCC1=[C-]C(CC)C=C1C(C)(C)C.Cl.Cl.[CH2]=[Zr]. The van der Waals surface area contributed by atoms with Gasteiger partial charge >= 0.3 is 28.4 Å². The van der Waals surface area contributed by atoms with Gasteiger partial charge in [-0.05, 0) is 39.2 Å². The topological polar surface area (TPSA) is 0 Å². The first-order chi connectivity index (χ1) is 25.9. The summed E-state index contributed by atoms with van der Waals surface area (Å²) in [4.78, 5) is 0. The number of halogens is 2. The number of fused-ring (bicyclic) bond motifs is 3. The second-order valence-corrected chi connectivity index (χ2v) is 20.2. The first-order valence-electron chi connectivity index (χ1n) is 20.7. The quantitative estimate of drug-likeness (QED) is 0.155. The van der Waals surface area contributed by atoms with Gasteiger partial charge in [-0.15, -0.1) is 35.9 Å². The fourth-order valence-corrected chi connectivity index (χ4v) is 6.66. The van der Waals surface area contributed by atoms with E-state index in [4.69, 9.17) is 0 Å². The molecule has 4 aromatic rings. The van der Waals surface area contributed by atoms with Crippen LogP contribution < -0.4 is 0 Å². The molecule has 58 heavy (non-hydrogen) atoms. The van der Waals surface area contributed by atoms with Gasteiger partial charge in [0.1, 0.15) is 0 Å². The Bertz CT molecular complexity index is 1750. The van der Waals surface area contributed by atoms with Crippen molar-refractivity contribution in [3.05, 3.63) is 154 Å². The molecule has 2 aliphatic rings. The van der Waals surface area contributed by atoms with Crippen molar-refractivity contribution in [1.82, 2.24) is 0 Å². The third kappa shape index (κ3) is 17.0. The van der Waals surface area contributed by atoms with Crippen molar-refractivity contribution in [2.45, 2.75) is 159 Å². The average Bonchev–Trinajstić information content (AvgIpc) is 3.74. The summed E-state index contributed by atoms with van der Waals surface area (Å²) in [7, 11) is 0. The summed E-state index contributed by atoms with van der Waals surface area (Å²) in [6.07, 6.45) is 9.31. The van der Waals surface area contributed by atoms with E-state index in [1.807, 2.05) is 24.3 Å². The van der Waals surface area contributed by atoms with Gasteiger partial charge in [-0.1, -0.05) is 166 Å². The molecular weight excluding hydrogens is 823 g/mol. The van der Waals surface area contributed by atoms with Crippen molar-refractivity contribution < 1.29 is 24.2 Å². The number of rotatable bonds is 2. The number of allylic oxidation sites excluding steroid dienone is 4. The Morgan fingerprint density at radius 2 is 1.02 bits per heavy atom. The third-order valence-corrected chi connectivity index (χ3v) is 10.3. The molecule has 0 fully saturated rings. The monoisotopic (exact) mass is 896 g/mol. The van der Waals surface area contributed by atoms with Crippen molar-refractivity contribution in [2.24, 2.45) is 11.3 Å². The van der Waals surface area contributed by atoms with Gasteiger partial charge in [0.05, 0.1) is 0 Å². The molecule has 0 heterocycles. The molecular formula is C55H76Cl2Zr-4. The Balaban J connectivity index is 0.000000767. The molecule has 0 amide bonds. The standard InChI is InChI=1S/C21H25.C13H21.2C10H13.CH2.2ClH.Zr/c1-20(2,3)16-7-9-18-14(12-16)11-15-13-17(21(4,5)6)8-10-19(15)18;1-6-10-8-11(7-2)12(9-10)13(3,4)5;2*1-10(2,3)9-7-5-4-6-8-9;;;;/h7-10,12H,11H2,1-6H3;9-10H,6-7H2,1-5H3;2*5-8H,1-3H3;1H2;2*1H;/q4*-1;;;;. The zero-order valence-electron chi connectivity index (χ0n) is 39.3. The van der Waals surface area contributed by atoms with Gasteiger partial charge in [-0.3, -0.25) is 6.08 Å². The van der Waals surface area contributed by atoms with Crippen LogP contribution in [0.25, 0.3) is 11.1 Å². The van der Waals surface area contributed by atoms with Crippen LogP contribution in [-0.2, 0) is 52.3 Å². The minimum atomic E-state index is 0. The Labute approximate surface area is 385 Å². The van der Waals surface area contributed by atoms with Crippen molar-refractivity contribution >= 4 is 29.0 Å². The summed E-state index contributed by atoms with van der Waals surface area (Å²) in [6.45, 7) is 38.2. The van der Waals surface area contributed by atoms with Crippen LogP contribution in [0.15, 0.2) is 96.1 Å². The maximum absolute atomic E-state index is 3.67. The summed E-state index contributed by atoms with van der Waals surface area (Å²) in [6, 6.07) is 37.5. The fraction of sp³-hybridized carbons (Fsp3) is 0.473. The van der Waals surface area contributed by atoms with E-state index in [1.165, 1.54) is 86.3 Å². The molecule has 0 spiro atoms. The molecule has 0 saturated carbocycles. The van der Waals surface area contributed by atoms with E-state index in [-0.39, 0.29) is 46.5 Å². The van der Waals surface area contributed by atoms with Crippen LogP contribution in [0.2, 0.25) is 0 Å². The van der Waals surface area contributed by atoms with Crippen LogP contribution in [-0.4, -0.2) is 4.21 Å². The van der Waals surface area contributed by atoms with Gasteiger partial charge in [-0.25, -0.2) is 5.57 Å². The molecule has 318 valence electrons. The third-order valence-electron chi connectivity index (χ3n) is 10.3. The number of hydrogen-bond donors (Lipinski definition) is 0. The number of benzene rings is 4. The molecule has 0 N–H and O–H groups in total. The van der Waals surface area contributed by atoms with E-state index in [0.29, 0.717) is 11.3 Å². The van der Waals surface area contributed by atoms with Gasteiger partial charge in [0, 0.05) is 0 Å². The maximum atomic E-state index is 3.67. The van der Waals surface area contributed by atoms with Crippen molar-refractivity contribution in [3.8, 4) is 11.1 Å². The van der Waals surface area contributed by atoms with E-state index in [1.54, 1.807) is 0 Å². The molecule has 0 saturated heterocycles. The van der Waals surface area contributed by atoms with Crippen molar-refractivity contribution in [2.75, 3.05) is 0 Å². The Morgan fingerprint density at radius 1 is 0.569 bits per heavy atom. The molecule has 6 rings (SSSR count). The van der Waals surface area contributed by atoms with E-state index < -0.39 is 0 Å². The van der Waals surface area contributed by atoms with Gasteiger partial charge in [-0.2, -0.15) is 107 Å². The molecule has 0 aromatic heterocycles. The zero-order chi connectivity index (χ0) is 42.7. The van der Waals surface area contributed by atoms with Crippen molar-refractivity contribution in [3.63, 3.8) is 0 Å². The van der Waals surface area contributed by atoms with E-state index in [2.05, 4.69) is 207 Å². The van der Waals surface area contributed by atoms with Crippen LogP contribution in [0.1, 0.15) is 164 Å². The first-order valence-corrected chi connectivity index (χ1v) is 22.4. The summed E-state index contributed by atoms with van der Waals surface area (Å²) in [5.41, 5.74) is 15.2. The number of hydrogen-bond acceptors (Lipinski definition) is 0. The second kappa shape index (κ2) is 23.6. The Hall–Kier alpha value is -2.31. The zero-order valence-corrected chi connectivity index (χ0v) is 43.4. The van der Waals surface area contributed by atoms with Gasteiger partial charge in [0.2, 0.25) is 0 Å². The first kappa shape index (κ1) is 55.7. The van der Waals surface area contributed by atoms with Crippen LogP contribution in [0, 0.1) is 35.6 Å². The predicted molar refractivity (Wildman–Crippen MR) is 259 cm³/mol. The molecule has 0 bridgehead atoms. The van der Waals surface area contributed by atoms with Crippen LogP contribution in [0.3, 0.4) is 0 Å². The van der Waals surface area contributed by atoms with Crippen LogP contribution in [0.5, 0.6) is 0 Å². The van der Waals surface area contributed by atoms with Crippen LogP contribution in [0.4, 0.5) is 0 Å². The summed E-state index contributed by atoms with van der Waals surface area (Å²) in [5, 5.41) is 0. The van der Waals surface area contributed by atoms with Gasteiger partial charge in [0.25, 0.3) is 0 Å². The van der Waals surface area contributed by atoms with E-state index in [9.17, 15) is 0 Å². The average molecular weight is 899 g/mol. The normalized spacial score (nSPS) is 14.2. The van der Waals surface area contributed by atoms with Crippen molar-refractivity contribution in [1.29, 1.82) is 0 Å². The fourth-order valence-electron chi connectivity index (χ4n) is 6.66. The second-order valence-electron chi connectivity index (χ2n) is 20.2. The molecule has 0 aliphatic heterocycles. The van der Waals surface area contributed by atoms with E-state index in [0.717, 1.165) is 12.8 Å². The molecule has 2 aliphatic carbocycles. The molecule has 1 atom stereocenters. The molecule has 3 heteroatoms. The Morgan fingerprint density at radius 3 is 1.36 bits per heavy atom. The summed E-state index contributed by atoms with van der Waals surface area (Å²) < 4.78 is 3.34. The molecule has 1 unspecified atom stereocenters. The molecule has 0 nitrogen and oxygen atoms in total. The Kier molecular flexibility index (Phi) is 22.7. The van der Waals surface area contributed by atoms with E-state index >= 15 is 0 Å². The van der Waals surface area contributed by atoms with Gasteiger partial charge < -0.3 is 0 Å². The molecule has 0 radical (unpaired) electrons. The summed E-state index contributed by atoms with van der Waals surface area (Å²) >= 11 is 1.30. The predicted octanol–water partition coefficient (Wildman–Crippen LogP) is 16.2. The molecule has 4 aromatic carbocycles. The van der Waals surface area contributed by atoms with Crippen LogP contribution >= 0.6 is 24.8 Å². The van der Waals surface area contributed by atoms with Gasteiger partial charge in [0.15, 0.2) is 0 Å².